The third kappa shape index (κ3) is 3.35. The molecule has 1 aromatic rings. The van der Waals surface area contributed by atoms with E-state index in [4.69, 9.17) is 0 Å². The lowest BCUT2D eigenvalue weighted by molar-refractivity contribution is 0.909. The molecular formula is C14H25N. The minimum absolute atomic E-state index is 1.30. The summed E-state index contributed by atoms with van der Waals surface area (Å²) in [6.45, 7) is 8.45. The normalized spacial score (nSPS) is 11.9. The molecule has 1 nitrogen and oxygen atoms in total. The molecule has 0 saturated carbocycles. The number of aryl methyl sites for hydroxylation is 2. The van der Waals surface area contributed by atoms with Crippen LogP contribution in [0, 0.1) is 13.8 Å². The van der Waals surface area contributed by atoms with E-state index < -0.39 is 0 Å². The van der Waals surface area contributed by atoms with E-state index in [1.165, 1.54) is 37.4 Å². The van der Waals surface area contributed by atoms with Gasteiger partial charge in [-0.3, -0.25) is 0 Å². The molecule has 0 radical (unpaired) electrons. The smallest absolute Gasteiger partial charge is 0.0195 e. The number of benzene rings is 1. The van der Waals surface area contributed by atoms with Gasteiger partial charge in [0.2, 0.25) is 0 Å². The average Bonchev–Trinajstić information content (AvgIpc) is 2.78. The van der Waals surface area contributed by atoms with Crippen LogP contribution < -0.4 is 5.73 Å². The highest BCUT2D eigenvalue weighted by Crippen LogP contribution is 2.26. The number of hydrogen-bond donors (Lipinski definition) is 1. The third-order valence-corrected chi connectivity index (χ3v) is 2.84. The van der Waals surface area contributed by atoms with E-state index in [1.54, 1.807) is 11.1 Å². The maximum Gasteiger partial charge on any atom is -0.0195 e. The van der Waals surface area contributed by atoms with Gasteiger partial charge in [-0.25, -0.2) is 0 Å². The van der Waals surface area contributed by atoms with Crippen molar-refractivity contribution in [2.75, 3.05) is 7.05 Å². The fourth-order valence-corrected chi connectivity index (χ4v) is 1.97. The average molecular weight is 207 g/mol. The van der Waals surface area contributed by atoms with Crippen molar-refractivity contribution in [3.05, 3.63) is 34.4 Å². The van der Waals surface area contributed by atoms with Gasteiger partial charge in [0.1, 0.15) is 0 Å². The molecule has 0 saturated heterocycles. The van der Waals surface area contributed by atoms with Crippen molar-refractivity contribution in [3.63, 3.8) is 0 Å². The zero-order valence-corrected chi connectivity index (χ0v) is 10.9. The molecule has 0 bridgehead atoms. The highest BCUT2D eigenvalue weighted by molar-refractivity contribution is 5.42. The zero-order chi connectivity index (χ0) is 11.8. The van der Waals surface area contributed by atoms with Crippen LogP contribution in [0.2, 0.25) is 0 Å². The Hall–Kier alpha value is -0.820. The van der Waals surface area contributed by atoms with Crippen LogP contribution in [0.15, 0.2) is 12.1 Å². The first-order valence-corrected chi connectivity index (χ1v) is 5.95. The third-order valence-electron chi connectivity index (χ3n) is 2.84. The number of nitrogens with two attached hydrogens (primary N) is 1. The second-order valence-electron chi connectivity index (χ2n) is 3.50. The molecule has 86 valence electrons. The van der Waals surface area contributed by atoms with E-state index in [-0.39, 0.29) is 0 Å². The molecule has 2 rings (SSSR count). The van der Waals surface area contributed by atoms with Crippen molar-refractivity contribution in [1.29, 1.82) is 0 Å². The van der Waals surface area contributed by atoms with Crippen LogP contribution in [0.3, 0.4) is 0 Å². The Morgan fingerprint density at radius 2 is 1.60 bits per heavy atom. The summed E-state index contributed by atoms with van der Waals surface area (Å²) in [5.74, 6) is 0. The van der Waals surface area contributed by atoms with Crippen LogP contribution in [-0.4, -0.2) is 7.05 Å². The van der Waals surface area contributed by atoms with Crippen LogP contribution >= 0.6 is 0 Å². The van der Waals surface area contributed by atoms with Crippen molar-refractivity contribution in [2.24, 2.45) is 5.73 Å². The van der Waals surface area contributed by atoms with Crippen molar-refractivity contribution in [3.8, 4) is 0 Å². The Kier molecular flexibility index (Phi) is 7.06. The molecule has 2 N–H and O–H groups in total. The summed E-state index contributed by atoms with van der Waals surface area (Å²) in [5, 5.41) is 0. The molecule has 1 aliphatic carbocycles. The molecule has 1 aliphatic rings. The van der Waals surface area contributed by atoms with Gasteiger partial charge in [-0.15, -0.1) is 0 Å². The summed E-state index contributed by atoms with van der Waals surface area (Å²) in [6.07, 6.45) is 3.97. The van der Waals surface area contributed by atoms with Crippen LogP contribution in [-0.2, 0) is 12.8 Å². The highest BCUT2D eigenvalue weighted by Gasteiger charge is 2.12. The van der Waals surface area contributed by atoms with Gasteiger partial charge in [0, 0.05) is 0 Å². The molecule has 1 heteroatoms. The topological polar surface area (TPSA) is 26.0 Å². The largest absolute Gasteiger partial charge is 0.333 e. The van der Waals surface area contributed by atoms with Gasteiger partial charge in [0.25, 0.3) is 0 Å². The van der Waals surface area contributed by atoms with Crippen LogP contribution in [0.5, 0.6) is 0 Å². The summed E-state index contributed by atoms with van der Waals surface area (Å²) < 4.78 is 0. The maximum atomic E-state index is 4.50. The fourth-order valence-electron chi connectivity index (χ4n) is 1.97. The van der Waals surface area contributed by atoms with Crippen molar-refractivity contribution >= 4 is 0 Å². The van der Waals surface area contributed by atoms with Crippen LogP contribution in [0.4, 0.5) is 0 Å². The lowest BCUT2D eigenvalue weighted by Crippen LogP contribution is -1.90. The summed E-state index contributed by atoms with van der Waals surface area (Å²) >= 11 is 0. The first-order valence-electron chi connectivity index (χ1n) is 5.95. The number of fused-ring (bicyclic) bond motifs is 1. The van der Waals surface area contributed by atoms with E-state index in [0.29, 0.717) is 0 Å². The quantitative estimate of drug-likeness (QED) is 0.693. The molecule has 0 aliphatic heterocycles. The first-order chi connectivity index (χ1) is 7.29. The van der Waals surface area contributed by atoms with Gasteiger partial charge in [-0.2, -0.15) is 0 Å². The molecular weight excluding hydrogens is 182 g/mol. The van der Waals surface area contributed by atoms with Crippen molar-refractivity contribution < 1.29 is 0 Å². The first kappa shape index (κ1) is 14.2. The fraction of sp³-hybridized carbons (Fsp3) is 0.571. The van der Waals surface area contributed by atoms with Crippen molar-refractivity contribution in [2.45, 2.75) is 47.0 Å². The maximum absolute atomic E-state index is 4.50. The minimum atomic E-state index is 1.30. The molecule has 0 fully saturated rings. The second kappa shape index (κ2) is 7.47. The van der Waals surface area contributed by atoms with Gasteiger partial charge in [-0.1, -0.05) is 26.0 Å². The number of hydrogen-bond acceptors (Lipinski definition) is 1. The van der Waals surface area contributed by atoms with E-state index in [1.807, 2.05) is 13.8 Å². The van der Waals surface area contributed by atoms with Crippen molar-refractivity contribution in [1.82, 2.24) is 0 Å². The Morgan fingerprint density at radius 1 is 1.00 bits per heavy atom. The van der Waals surface area contributed by atoms with E-state index >= 15 is 0 Å². The minimum Gasteiger partial charge on any atom is -0.333 e. The van der Waals surface area contributed by atoms with Gasteiger partial charge >= 0.3 is 0 Å². The predicted molar refractivity (Wildman–Crippen MR) is 69.4 cm³/mol. The van der Waals surface area contributed by atoms with E-state index in [9.17, 15) is 0 Å². The Morgan fingerprint density at radius 3 is 2.20 bits per heavy atom. The van der Waals surface area contributed by atoms with Crippen LogP contribution in [0.25, 0.3) is 0 Å². The zero-order valence-electron chi connectivity index (χ0n) is 10.9. The molecule has 0 heterocycles. The van der Waals surface area contributed by atoms with E-state index in [0.717, 1.165) is 0 Å². The molecule has 15 heavy (non-hydrogen) atoms. The highest BCUT2D eigenvalue weighted by atomic mass is 14.4. The lowest BCUT2D eigenvalue weighted by Gasteiger charge is -2.06. The lowest BCUT2D eigenvalue weighted by atomic mass is 10.00. The summed E-state index contributed by atoms with van der Waals surface area (Å²) in [5.41, 5.74) is 10.7. The monoisotopic (exact) mass is 207 g/mol. The molecule has 0 atom stereocenters. The Bertz CT molecular complexity index is 290. The summed E-state index contributed by atoms with van der Waals surface area (Å²) in [7, 11) is 1.50. The standard InChI is InChI=1S/C11H14.C2H6.CH5N/c1-8-6-7-10-4-3-5-11(10)9(8)2;2*1-2/h6-7H,3-5H2,1-2H3;1-2H3;2H2,1H3. The van der Waals surface area contributed by atoms with Gasteiger partial charge < -0.3 is 5.73 Å². The molecule has 0 spiro atoms. The van der Waals surface area contributed by atoms with Gasteiger partial charge in [0.15, 0.2) is 0 Å². The van der Waals surface area contributed by atoms with Crippen LogP contribution in [0.1, 0.15) is 42.5 Å². The second-order valence-corrected chi connectivity index (χ2v) is 3.50. The Labute approximate surface area is 94.7 Å². The van der Waals surface area contributed by atoms with E-state index in [2.05, 4.69) is 31.7 Å². The number of rotatable bonds is 0. The summed E-state index contributed by atoms with van der Waals surface area (Å²) in [4.78, 5) is 0. The van der Waals surface area contributed by atoms with Gasteiger partial charge in [-0.05, 0) is 62.4 Å². The molecule has 1 aromatic carbocycles. The molecule has 0 aromatic heterocycles. The molecule has 0 unspecified atom stereocenters. The summed E-state index contributed by atoms with van der Waals surface area (Å²) in [6, 6.07) is 4.55. The molecule has 0 amide bonds. The predicted octanol–water partition coefficient (Wildman–Crippen LogP) is 3.39. The Balaban J connectivity index is 0.000000442. The SMILES string of the molecule is CC.CN.Cc1ccc2c(c1C)CCC2. The van der Waals surface area contributed by atoms with Gasteiger partial charge in [0.05, 0.1) is 0 Å².